The highest BCUT2D eigenvalue weighted by atomic mass is 35.5. The Bertz CT molecular complexity index is 864. The molecule has 0 aliphatic heterocycles. The number of nitrogen functional groups attached to an aromatic ring is 1. The molecule has 0 saturated heterocycles. The molecule has 0 bridgehead atoms. The van der Waals surface area contributed by atoms with Crippen LogP contribution in [-0.2, 0) is 0 Å². The lowest BCUT2D eigenvalue weighted by molar-refractivity contribution is 0.627. The number of imidazole rings is 1. The summed E-state index contributed by atoms with van der Waals surface area (Å²) < 4.78 is 5.74. The second-order valence-corrected chi connectivity index (χ2v) is 4.72. The maximum absolute atomic E-state index is 6.10. The topological polar surface area (TPSA) is 93.6 Å². The molecule has 4 aromatic rings. The molecule has 3 aromatic heterocycles. The highest BCUT2D eigenvalue weighted by Crippen LogP contribution is 2.31. The first-order valence-electron chi connectivity index (χ1n) is 5.87. The highest BCUT2D eigenvalue weighted by Gasteiger charge is 2.14. The number of halogens is 1. The van der Waals surface area contributed by atoms with Gasteiger partial charge < -0.3 is 15.1 Å². The minimum atomic E-state index is 0.350. The lowest BCUT2D eigenvalue weighted by Gasteiger charge is -1.90. The highest BCUT2D eigenvalue weighted by molar-refractivity contribution is 6.34. The molecule has 0 radical (unpaired) electrons. The van der Waals surface area contributed by atoms with Crippen molar-refractivity contribution < 1.29 is 4.42 Å². The van der Waals surface area contributed by atoms with E-state index in [1.54, 1.807) is 6.07 Å². The third-order valence-corrected chi connectivity index (χ3v) is 3.34. The first-order chi connectivity index (χ1) is 9.72. The van der Waals surface area contributed by atoms with Crippen molar-refractivity contribution in [2.45, 2.75) is 0 Å². The predicted molar refractivity (Wildman–Crippen MR) is 76.3 cm³/mol. The molecule has 0 aliphatic carbocycles. The summed E-state index contributed by atoms with van der Waals surface area (Å²) in [7, 11) is 0. The minimum absolute atomic E-state index is 0.350. The van der Waals surface area contributed by atoms with Gasteiger partial charge in [-0.25, -0.2) is 15.0 Å². The van der Waals surface area contributed by atoms with Crippen LogP contribution in [0.1, 0.15) is 0 Å². The van der Waals surface area contributed by atoms with Crippen molar-refractivity contribution >= 4 is 39.6 Å². The summed E-state index contributed by atoms with van der Waals surface area (Å²) in [6.07, 6.45) is 1.37. The number of nitrogens with two attached hydrogens (primary N) is 1. The van der Waals surface area contributed by atoms with Crippen LogP contribution in [0.25, 0.3) is 33.7 Å². The standard InChI is InChI=1S/C13H8ClN5O/c14-7-3-1-2-6-4-8(20-10(6)7)12-18-9-11(15)16-5-17-13(9)19-12/h1-5H,(H3,15,16,17,18,19). The Morgan fingerprint density at radius 1 is 1.25 bits per heavy atom. The molecule has 0 unspecified atom stereocenters. The molecule has 3 N–H and O–H groups in total. The molecular weight excluding hydrogens is 278 g/mol. The number of aromatic nitrogens is 4. The minimum Gasteiger partial charge on any atom is -0.451 e. The molecule has 1 aromatic carbocycles. The Labute approximate surface area is 117 Å². The molecule has 0 aliphatic rings. The van der Waals surface area contributed by atoms with Crippen LogP contribution in [0.5, 0.6) is 0 Å². The number of nitrogens with zero attached hydrogens (tertiary/aromatic N) is 3. The summed E-state index contributed by atoms with van der Waals surface area (Å²) in [5.41, 5.74) is 7.49. The Morgan fingerprint density at radius 2 is 2.15 bits per heavy atom. The number of anilines is 1. The monoisotopic (exact) mass is 285 g/mol. The fraction of sp³-hybridized carbons (Fsp3) is 0. The van der Waals surface area contributed by atoms with Gasteiger partial charge in [0.25, 0.3) is 0 Å². The molecule has 0 saturated carbocycles. The SMILES string of the molecule is Nc1ncnc2nc(-c3cc4cccc(Cl)c4o3)[nH]c12. The summed E-state index contributed by atoms with van der Waals surface area (Å²) >= 11 is 6.10. The zero-order chi connectivity index (χ0) is 13.7. The lowest BCUT2D eigenvalue weighted by atomic mass is 10.2. The number of fused-ring (bicyclic) bond motifs is 2. The van der Waals surface area contributed by atoms with E-state index in [9.17, 15) is 0 Å². The van der Waals surface area contributed by atoms with Crippen molar-refractivity contribution in [1.29, 1.82) is 0 Å². The van der Waals surface area contributed by atoms with Crippen molar-refractivity contribution in [1.82, 2.24) is 19.9 Å². The number of para-hydroxylation sites is 1. The van der Waals surface area contributed by atoms with E-state index in [1.807, 2.05) is 18.2 Å². The number of benzene rings is 1. The van der Waals surface area contributed by atoms with Crippen LogP contribution >= 0.6 is 11.6 Å². The van der Waals surface area contributed by atoms with E-state index in [4.69, 9.17) is 21.8 Å². The second kappa shape index (κ2) is 3.94. The summed E-state index contributed by atoms with van der Waals surface area (Å²) in [6, 6.07) is 7.43. The average Bonchev–Trinajstić information content (AvgIpc) is 3.03. The van der Waals surface area contributed by atoms with Gasteiger partial charge in [0, 0.05) is 5.39 Å². The number of hydrogen-bond acceptors (Lipinski definition) is 5. The van der Waals surface area contributed by atoms with Crippen LogP contribution in [0.15, 0.2) is 35.0 Å². The fourth-order valence-electron chi connectivity index (χ4n) is 2.11. The fourth-order valence-corrected chi connectivity index (χ4v) is 2.33. The van der Waals surface area contributed by atoms with E-state index in [1.165, 1.54) is 6.33 Å². The van der Waals surface area contributed by atoms with Gasteiger partial charge in [-0.15, -0.1) is 0 Å². The number of H-pyrrole nitrogens is 1. The molecule has 98 valence electrons. The van der Waals surface area contributed by atoms with E-state index in [0.717, 1.165) is 5.39 Å². The van der Waals surface area contributed by atoms with Crippen molar-refractivity contribution in [3.8, 4) is 11.6 Å². The summed E-state index contributed by atoms with van der Waals surface area (Å²) in [6.45, 7) is 0. The van der Waals surface area contributed by atoms with E-state index in [2.05, 4.69) is 19.9 Å². The summed E-state index contributed by atoms with van der Waals surface area (Å²) in [5, 5.41) is 1.47. The molecule has 0 spiro atoms. The van der Waals surface area contributed by atoms with Gasteiger partial charge in [-0.1, -0.05) is 23.7 Å². The van der Waals surface area contributed by atoms with Gasteiger partial charge in [-0.05, 0) is 12.1 Å². The van der Waals surface area contributed by atoms with Crippen molar-refractivity contribution in [3.05, 3.63) is 35.6 Å². The van der Waals surface area contributed by atoms with Crippen LogP contribution in [-0.4, -0.2) is 19.9 Å². The Hall–Kier alpha value is -2.60. The Kier molecular flexibility index (Phi) is 2.22. The quantitative estimate of drug-likeness (QED) is 0.561. The largest absolute Gasteiger partial charge is 0.451 e. The normalized spacial score (nSPS) is 11.4. The third kappa shape index (κ3) is 1.55. The Morgan fingerprint density at radius 3 is 2.95 bits per heavy atom. The maximum atomic E-state index is 6.10. The summed E-state index contributed by atoms with van der Waals surface area (Å²) in [5.74, 6) is 1.47. The first-order valence-corrected chi connectivity index (χ1v) is 6.25. The van der Waals surface area contributed by atoms with E-state index in [0.29, 0.717) is 39.2 Å². The lowest BCUT2D eigenvalue weighted by Crippen LogP contribution is -1.91. The maximum Gasteiger partial charge on any atom is 0.183 e. The number of aromatic amines is 1. The Balaban J connectivity index is 1.96. The zero-order valence-corrected chi connectivity index (χ0v) is 10.8. The molecule has 0 fully saturated rings. The van der Waals surface area contributed by atoms with Gasteiger partial charge in [-0.2, -0.15) is 0 Å². The van der Waals surface area contributed by atoms with Crippen molar-refractivity contribution in [2.24, 2.45) is 0 Å². The van der Waals surface area contributed by atoms with Gasteiger partial charge in [0.1, 0.15) is 11.8 Å². The van der Waals surface area contributed by atoms with E-state index >= 15 is 0 Å². The number of rotatable bonds is 1. The van der Waals surface area contributed by atoms with Crippen LogP contribution in [0.3, 0.4) is 0 Å². The van der Waals surface area contributed by atoms with Crippen LogP contribution in [0.4, 0.5) is 5.82 Å². The van der Waals surface area contributed by atoms with E-state index < -0.39 is 0 Å². The van der Waals surface area contributed by atoms with Crippen molar-refractivity contribution in [3.63, 3.8) is 0 Å². The first kappa shape index (κ1) is 11.2. The number of nitrogens with one attached hydrogen (secondary N) is 1. The molecule has 4 rings (SSSR count). The molecule has 0 amide bonds. The zero-order valence-electron chi connectivity index (χ0n) is 10.1. The molecule has 3 heterocycles. The molecule has 7 heteroatoms. The van der Waals surface area contributed by atoms with Gasteiger partial charge in [-0.3, -0.25) is 0 Å². The molecule has 20 heavy (non-hydrogen) atoms. The van der Waals surface area contributed by atoms with Gasteiger partial charge in [0.2, 0.25) is 0 Å². The smallest absolute Gasteiger partial charge is 0.183 e. The molecular formula is C13H8ClN5O. The van der Waals surface area contributed by atoms with Gasteiger partial charge in [0.05, 0.1) is 5.02 Å². The van der Waals surface area contributed by atoms with E-state index in [-0.39, 0.29) is 0 Å². The summed E-state index contributed by atoms with van der Waals surface area (Å²) in [4.78, 5) is 15.4. The number of furan rings is 1. The third-order valence-electron chi connectivity index (χ3n) is 3.05. The molecule has 0 atom stereocenters. The van der Waals surface area contributed by atoms with Crippen LogP contribution in [0.2, 0.25) is 5.02 Å². The average molecular weight is 286 g/mol. The van der Waals surface area contributed by atoms with Crippen molar-refractivity contribution in [2.75, 3.05) is 5.73 Å². The van der Waals surface area contributed by atoms with Crippen LogP contribution < -0.4 is 5.73 Å². The predicted octanol–water partition coefficient (Wildman–Crippen LogP) is 3.00. The number of hydrogen-bond donors (Lipinski definition) is 2. The van der Waals surface area contributed by atoms with Crippen LogP contribution in [0, 0.1) is 0 Å². The van der Waals surface area contributed by atoms with Gasteiger partial charge >= 0.3 is 0 Å². The van der Waals surface area contributed by atoms with Gasteiger partial charge in [0.15, 0.2) is 28.6 Å². The molecule has 6 nitrogen and oxygen atoms in total. The second-order valence-electron chi connectivity index (χ2n) is 4.31.